The van der Waals surface area contributed by atoms with Gasteiger partial charge in [0.2, 0.25) is 0 Å². The van der Waals surface area contributed by atoms with Crippen LogP contribution >= 0.6 is 0 Å². The van der Waals surface area contributed by atoms with Gasteiger partial charge in [-0.3, -0.25) is 14.9 Å². The van der Waals surface area contributed by atoms with Gasteiger partial charge >= 0.3 is 0 Å². The molecule has 0 bridgehead atoms. The van der Waals surface area contributed by atoms with Crippen molar-refractivity contribution >= 4 is 28.8 Å². The van der Waals surface area contributed by atoms with Gasteiger partial charge in [0.25, 0.3) is 11.8 Å². The molecule has 0 spiro atoms. The largest absolute Gasteiger partial charge is 0.369 e. The normalized spacial score (nSPS) is 17.0. The van der Waals surface area contributed by atoms with Crippen LogP contribution in [0.3, 0.4) is 0 Å². The maximum atomic E-state index is 12.7. The third-order valence-corrected chi connectivity index (χ3v) is 6.49. The van der Waals surface area contributed by atoms with E-state index in [9.17, 15) is 9.59 Å². The Bertz CT molecular complexity index is 1350. The number of piperazine rings is 1. The highest BCUT2D eigenvalue weighted by atomic mass is 16.2. The molecule has 2 amide bonds. The lowest BCUT2D eigenvalue weighted by atomic mass is 9.91. The zero-order valence-corrected chi connectivity index (χ0v) is 19.4. The van der Waals surface area contributed by atoms with Crippen molar-refractivity contribution in [3.8, 4) is 17.2 Å². The van der Waals surface area contributed by atoms with Crippen LogP contribution in [0.25, 0.3) is 16.7 Å². The van der Waals surface area contributed by atoms with Crippen LogP contribution in [0.2, 0.25) is 0 Å². The molecule has 1 fully saturated rings. The molecule has 7 nitrogen and oxygen atoms in total. The summed E-state index contributed by atoms with van der Waals surface area (Å²) in [6.07, 6.45) is 1.65. The van der Waals surface area contributed by atoms with Crippen molar-refractivity contribution in [1.29, 1.82) is 5.26 Å². The molecule has 0 radical (unpaired) electrons. The van der Waals surface area contributed by atoms with Gasteiger partial charge in [-0.15, -0.1) is 0 Å². The van der Waals surface area contributed by atoms with E-state index in [4.69, 9.17) is 5.26 Å². The van der Waals surface area contributed by atoms with Crippen molar-refractivity contribution in [3.05, 3.63) is 89.6 Å². The number of amides is 2. The first kappa shape index (κ1) is 22.4. The van der Waals surface area contributed by atoms with Gasteiger partial charge in [0.05, 0.1) is 17.2 Å². The molecule has 5 rings (SSSR count). The number of carbonyl (C=O) groups is 2. The van der Waals surface area contributed by atoms with E-state index in [1.807, 2.05) is 36.4 Å². The van der Waals surface area contributed by atoms with Gasteiger partial charge in [-0.25, -0.2) is 0 Å². The highest BCUT2D eigenvalue weighted by molar-refractivity contribution is 6.31. The summed E-state index contributed by atoms with van der Waals surface area (Å²) in [6.45, 7) is 4.09. The first-order valence-electron chi connectivity index (χ1n) is 11.5. The number of nitriles is 1. The third kappa shape index (κ3) is 4.65. The van der Waals surface area contributed by atoms with Crippen molar-refractivity contribution in [3.63, 3.8) is 0 Å². The summed E-state index contributed by atoms with van der Waals surface area (Å²) in [5, 5.41) is 14.7. The van der Waals surface area contributed by atoms with Gasteiger partial charge in [0, 0.05) is 54.9 Å². The number of benzene rings is 3. The number of likely N-dealkylation sites (N-methyl/N-ethyl adjacent to an activating group) is 1. The lowest BCUT2D eigenvalue weighted by Gasteiger charge is -2.34. The second-order valence-corrected chi connectivity index (χ2v) is 8.77. The zero-order valence-electron chi connectivity index (χ0n) is 19.4. The molecule has 2 heterocycles. The van der Waals surface area contributed by atoms with Crippen LogP contribution in [0.5, 0.6) is 0 Å². The Hall–Kier alpha value is -4.41. The second kappa shape index (κ2) is 9.45. The monoisotopic (exact) mass is 463 g/mol. The van der Waals surface area contributed by atoms with Gasteiger partial charge in [-0.2, -0.15) is 5.26 Å². The fraction of sp³-hybridized carbons (Fsp3) is 0.179. The van der Waals surface area contributed by atoms with E-state index >= 15 is 0 Å². The van der Waals surface area contributed by atoms with E-state index in [1.54, 1.807) is 24.4 Å². The molecular formula is C28H25N5O2. The minimum atomic E-state index is -0.443. The lowest BCUT2D eigenvalue weighted by molar-refractivity contribution is -0.114. The summed E-state index contributed by atoms with van der Waals surface area (Å²) in [4.78, 5) is 29.8. The number of hydrogen-bond acceptors (Lipinski definition) is 6. The Kier molecular flexibility index (Phi) is 6.04. The van der Waals surface area contributed by atoms with E-state index in [0.29, 0.717) is 22.3 Å². The average Bonchev–Trinajstić information content (AvgIpc) is 2.89. The fourth-order valence-corrected chi connectivity index (χ4v) is 4.37. The minimum Gasteiger partial charge on any atom is -0.369 e. The van der Waals surface area contributed by atoms with Crippen LogP contribution in [0.15, 0.2) is 72.9 Å². The van der Waals surface area contributed by atoms with Crippen LogP contribution in [0.4, 0.5) is 11.4 Å². The van der Waals surface area contributed by atoms with Gasteiger partial charge in [-0.1, -0.05) is 18.2 Å². The molecule has 0 unspecified atom stereocenters. The average molecular weight is 464 g/mol. The Morgan fingerprint density at radius 1 is 0.857 bits per heavy atom. The molecular weight excluding hydrogens is 438 g/mol. The molecule has 3 aromatic carbocycles. The van der Waals surface area contributed by atoms with Crippen molar-refractivity contribution in [2.45, 2.75) is 0 Å². The van der Waals surface area contributed by atoms with Crippen LogP contribution in [0.1, 0.15) is 21.5 Å². The molecule has 2 aliphatic heterocycles. The number of hydrogen-bond donors (Lipinski definition) is 2. The van der Waals surface area contributed by atoms with Crippen molar-refractivity contribution in [2.24, 2.45) is 0 Å². The molecule has 7 heteroatoms. The van der Waals surface area contributed by atoms with Crippen LogP contribution in [0, 0.1) is 11.3 Å². The van der Waals surface area contributed by atoms with Gasteiger partial charge in [-0.05, 0) is 66.7 Å². The Balaban J connectivity index is 1.40. The number of fused-ring (bicyclic) bond motifs is 1. The van der Waals surface area contributed by atoms with E-state index < -0.39 is 11.8 Å². The predicted octanol–water partition coefficient (Wildman–Crippen LogP) is 3.70. The van der Waals surface area contributed by atoms with Gasteiger partial charge < -0.3 is 15.1 Å². The van der Waals surface area contributed by atoms with E-state index in [0.717, 1.165) is 43.0 Å². The van der Waals surface area contributed by atoms with E-state index in [-0.39, 0.29) is 0 Å². The Morgan fingerprint density at radius 2 is 1.54 bits per heavy atom. The number of imide groups is 1. The van der Waals surface area contributed by atoms with Crippen LogP contribution in [-0.4, -0.2) is 49.9 Å². The second-order valence-electron chi connectivity index (χ2n) is 8.77. The number of rotatable bonds is 4. The Morgan fingerprint density at radius 3 is 2.23 bits per heavy atom. The molecule has 0 saturated carbocycles. The van der Waals surface area contributed by atoms with Crippen molar-refractivity contribution < 1.29 is 9.59 Å². The first-order chi connectivity index (χ1) is 17.0. The summed E-state index contributed by atoms with van der Waals surface area (Å²) in [5.41, 5.74) is 5.76. The third-order valence-electron chi connectivity index (χ3n) is 6.49. The van der Waals surface area contributed by atoms with Crippen molar-refractivity contribution in [2.75, 3.05) is 43.4 Å². The van der Waals surface area contributed by atoms with E-state index in [2.05, 4.69) is 45.7 Å². The van der Waals surface area contributed by atoms with E-state index in [1.165, 1.54) is 5.69 Å². The lowest BCUT2D eigenvalue weighted by Crippen LogP contribution is -2.44. The minimum absolute atomic E-state index is 0.387. The highest BCUT2D eigenvalue weighted by Crippen LogP contribution is 2.30. The topological polar surface area (TPSA) is 88.5 Å². The standard InChI is InChI=1S/C28H25N5O2/c1-32-12-14-33(15-13-32)23-9-7-22(8-10-23)30-18-26-25-16-21(20-4-2-19(17-29)3-5-20)6-11-24(25)27(34)31-28(26)35/h2-11,16,18,30H,12-15H2,1H3,(H,31,34,35). The molecule has 0 aliphatic carbocycles. The summed E-state index contributed by atoms with van der Waals surface area (Å²) in [7, 11) is 2.14. The smallest absolute Gasteiger partial charge is 0.260 e. The number of anilines is 2. The predicted molar refractivity (Wildman–Crippen MR) is 137 cm³/mol. The summed E-state index contributed by atoms with van der Waals surface area (Å²) < 4.78 is 0. The summed E-state index contributed by atoms with van der Waals surface area (Å²) >= 11 is 0. The Labute approximate surface area is 204 Å². The quantitative estimate of drug-likeness (QED) is 0.453. The molecule has 0 aromatic heterocycles. The molecule has 0 atom stereocenters. The maximum Gasteiger partial charge on any atom is 0.260 e. The van der Waals surface area contributed by atoms with Gasteiger partial charge in [0.1, 0.15) is 0 Å². The van der Waals surface area contributed by atoms with Crippen molar-refractivity contribution in [1.82, 2.24) is 10.2 Å². The maximum absolute atomic E-state index is 12.7. The molecule has 2 aliphatic rings. The fourth-order valence-electron chi connectivity index (χ4n) is 4.37. The summed E-state index contributed by atoms with van der Waals surface area (Å²) in [5.74, 6) is -0.855. The van der Waals surface area contributed by atoms with Crippen LogP contribution < -0.4 is 15.5 Å². The number of nitrogens with one attached hydrogen (secondary N) is 2. The van der Waals surface area contributed by atoms with Crippen LogP contribution in [-0.2, 0) is 4.79 Å². The molecule has 35 heavy (non-hydrogen) atoms. The molecule has 3 aromatic rings. The molecule has 2 N–H and O–H groups in total. The first-order valence-corrected chi connectivity index (χ1v) is 11.5. The van der Waals surface area contributed by atoms with Gasteiger partial charge in [0.15, 0.2) is 0 Å². The number of nitrogens with zero attached hydrogens (tertiary/aromatic N) is 3. The zero-order chi connectivity index (χ0) is 24.4. The molecule has 174 valence electrons. The molecule has 1 saturated heterocycles. The highest BCUT2D eigenvalue weighted by Gasteiger charge is 2.27. The summed E-state index contributed by atoms with van der Waals surface area (Å²) in [6, 6.07) is 22.9. The number of carbonyl (C=O) groups excluding carboxylic acids is 2. The SMILES string of the molecule is CN1CCN(c2ccc(NC=C3C(=O)NC(=O)c4ccc(-c5ccc(C#N)cc5)cc43)cc2)CC1.